The quantitative estimate of drug-likeness (QED) is 0.650. The van der Waals surface area contributed by atoms with Crippen LogP contribution in [0.3, 0.4) is 0 Å². The summed E-state index contributed by atoms with van der Waals surface area (Å²) in [6, 6.07) is 0. The summed E-state index contributed by atoms with van der Waals surface area (Å²) in [5, 5.41) is 0. The van der Waals surface area contributed by atoms with Gasteiger partial charge in [-0.25, -0.2) is 0 Å². The third-order valence-corrected chi connectivity index (χ3v) is 2.12. The van der Waals surface area contributed by atoms with E-state index in [1.54, 1.807) is 0 Å². The molecule has 11 heavy (non-hydrogen) atoms. The second-order valence-corrected chi connectivity index (χ2v) is 2.96. The van der Waals surface area contributed by atoms with E-state index in [0.717, 1.165) is 32.7 Å². The fraction of sp³-hybridized carbons (Fsp3) is 1.00. The lowest BCUT2D eigenvalue weighted by Gasteiger charge is -2.26. The molecule has 3 heteroatoms. The Morgan fingerprint density at radius 2 is 2.45 bits per heavy atom. The molecule has 0 aromatic heterocycles. The van der Waals surface area contributed by atoms with Crippen LogP contribution >= 0.6 is 0 Å². The highest BCUT2D eigenvalue weighted by Gasteiger charge is 2.34. The van der Waals surface area contributed by atoms with Crippen LogP contribution in [0.25, 0.3) is 0 Å². The van der Waals surface area contributed by atoms with Crippen LogP contribution in [0.1, 0.15) is 19.8 Å². The first-order chi connectivity index (χ1) is 5.33. The molecular formula is C8H17NO2. The van der Waals surface area contributed by atoms with E-state index in [4.69, 9.17) is 15.2 Å². The molecule has 1 aliphatic rings. The molecule has 1 aliphatic heterocycles. The minimum atomic E-state index is -0.0521. The van der Waals surface area contributed by atoms with Crippen molar-refractivity contribution in [2.45, 2.75) is 25.4 Å². The Bertz CT molecular complexity index is 103. The molecule has 66 valence electrons. The molecule has 1 saturated heterocycles. The van der Waals surface area contributed by atoms with Gasteiger partial charge in [-0.15, -0.1) is 0 Å². The number of ether oxygens (including phenoxy) is 2. The summed E-state index contributed by atoms with van der Waals surface area (Å²) in [6.45, 7) is 4.99. The summed E-state index contributed by atoms with van der Waals surface area (Å²) in [5.74, 6) is 0. The molecule has 1 rings (SSSR count). The number of hydrogen-bond acceptors (Lipinski definition) is 3. The van der Waals surface area contributed by atoms with E-state index in [9.17, 15) is 0 Å². The summed E-state index contributed by atoms with van der Waals surface area (Å²) < 4.78 is 10.9. The first-order valence-corrected chi connectivity index (χ1v) is 4.25. The predicted molar refractivity (Wildman–Crippen MR) is 43.5 cm³/mol. The lowest BCUT2D eigenvalue weighted by atomic mass is 9.99. The fourth-order valence-corrected chi connectivity index (χ4v) is 1.54. The maximum absolute atomic E-state index is 5.63. The molecule has 0 aromatic carbocycles. The van der Waals surface area contributed by atoms with Crippen molar-refractivity contribution in [3.63, 3.8) is 0 Å². The van der Waals surface area contributed by atoms with E-state index in [0.29, 0.717) is 6.54 Å². The smallest absolute Gasteiger partial charge is 0.0948 e. The van der Waals surface area contributed by atoms with Crippen LogP contribution in [-0.2, 0) is 9.47 Å². The number of hydrogen-bond donors (Lipinski definition) is 1. The van der Waals surface area contributed by atoms with Crippen molar-refractivity contribution < 1.29 is 9.47 Å². The molecule has 0 bridgehead atoms. The largest absolute Gasteiger partial charge is 0.378 e. The van der Waals surface area contributed by atoms with Crippen LogP contribution in [-0.4, -0.2) is 32.0 Å². The van der Waals surface area contributed by atoms with Crippen LogP contribution < -0.4 is 5.73 Å². The Hall–Kier alpha value is -0.120. The maximum atomic E-state index is 5.63. The predicted octanol–water partition coefficient (Wildman–Crippen LogP) is 0.531. The molecule has 1 atom stereocenters. The Morgan fingerprint density at radius 3 is 2.91 bits per heavy atom. The third-order valence-electron chi connectivity index (χ3n) is 2.12. The van der Waals surface area contributed by atoms with Gasteiger partial charge in [0, 0.05) is 19.6 Å². The van der Waals surface area contributed by atoms with Gasteiger partial charge < -0.3 is 15.2 Å². The molecule has 0 spiro atoms. The molecule has 1 fully saturated rings. The Kier molecular flexibility index (Phi) is 3.30. The summed E-state index contributed by atoms with van der Waals surface area (Å²) in [6.07, 6.45) is 1.92. The normalized spacial score (nSPS) is 31.1. The zero-order valence-electron chi connectivity index (χ0n) is 7.14. The van der Waals surface area contributed by atoms with Crippen molar-refractivity contribution in [2.24, 2.45) is 5.73 Å². The van der Waals surface area contributed by atoms with E-state index in [-0.39, 0.29) is 5.60 Å². The molecule has 3 nitrogen and oxygen atoms in total. The second kappa shape index (κ2) is 4.04. The highest BCUT2D eigenvalue weighted by atomic mass is 16.6. The first-order valence-electron chi connectivity index (χ1n) is 4.25. The third kappa shape index (κ3) is 2.15. The maximum Gasteiger partial charge on any atom is 0.0948 e. The van der Waals surface area contributed by atoms with E-state index in [1.807, 2.05) is 6.92 Å². The van der Waals surface area contributed by atoms with Crippen molar-refractivity contribution >= 4 is 0 Å². The van der Waals surface area contributed by atoms with Gasteiger partial charge in [0.25, 0.3) is 0 Å². The molecule has 0 amide bonds. The first kappa shape index (κ1) is 8.97. The van der Waals surface area contributed by atoms with E-state index < -0.39 is 0 Å². The Morgan fingerprint density at radius 1 is 1.64 bits per heavy atom. The van der Waals surface area contributed by atoms with Crippen molar-refractivity contribution in [1.29, 1.82) is 0 Å². The standard InChI is InChI=1S/C8H17NO2/c1-2-11-8(3-5-9)4-6-10-7-8/h2-7,9H2,1H3. The second-order valence-electron chi connectivity index (χ2n) is 2.96. The van der Waals surface area contributed by atoms with Crippen LogP contribution in [0, 0.1) is 0 Å². The van der Waals surface area contributed by atoms with Crippen LogP contribution in [0.4, 0.5) is 0 Å². The molecular weight excluding hydrogens is 142 g/mol. The Labute approximate surface area is 67.9 Å². The van der Waals surface area contributed by atoms with Gasteiger partial charge in [0.1, 0.15) is 0 Å². The molecule has 1 heterocycles. The fourth-order valence-electron chi connectivity index (χ4n) is 1.54. The SMILES string of the molecule is CCOC1(CCN)CCOC1. The van der Waals surface area contributed by atoms with Crippen LogP contribution in [0.5, 0.6) is 0 Å². The molecule has 2 N–H and O–H groups in total. The van der Waals surface area contributed by atoms with E-state index in [1.165, 1.54) is 0 Å². The summed E-state index contributed by atoms with van der Waals surface area (Å²) in [5.41, 5.74) is 5.44. The van der Waals surface area contributed by atoms with Gasteiger partial charge in [-0.05, 0) is 19.9 Å². The number of rotatable bonds is 4. The molecule has 0 radical (unpaired) electrons. The average Bonchev–Trinajstić information content (AvgIpc) is 2.39. The minimum Gasteiger partial charge on any atom is -0.378 e. The summed E-state index contributed by atoms with van der Waals surface area (Å²) in [4.78, 5) is 0. The van der Waals surface area contributed by atoms with E-state index >= 15 is 0 Å². The zero-order valence-corrected chi connectivity index (χ0v) is 7.14. The zero-order chi connectivity index (χ0) is 8.16. The van der Waals surface area contributed by atoms with Crippen LogP contribution in [0.15, 0.2) is 0 Å². The van der Waals surface area contributed by atoms with Crippen molar-refractivity contribution in [3.8, 4) is 0 Å². The minimum absolute atomic E-state index is 0.0521. The van der Waals surface area contributed by atoms with Gasteiger partial charge in [0.2, 0.25) is 0 Å². The molecule has 0 saturated carbocycles. The van der Waals surface area contributed by atoms with Crippen molar-refractivity contribution in [3.05, 3.63) is 0 Å². The highest BCUT2D eigenvalue weighted by Crippen LogP contribution is 2.26. The highest BCUT2D eigenvalue weighted by molar-refractivity contribution is 4.85. The Balaban J connectivity index is 2.40. The summed E-state index contributed by atoms with van der Waals surface area (Å²) in [7, 11) is 0. The average molecular weight is 159 g/mol. The van der Waals surface area contributed by atoms with Crippen LogP contribution in [0.2, 0.25) is 0 Å². The molecule has 0 aliphatic carbocycles. The summed E-state index contributed by atoms with van der Waals surface area (Å²) >= 11 is 0. The topological polar surface area (TPSA) is 44.5 Å². The van der Waals surface area contributed by atoms with Gasteiger partial charge in [0.05, 0.1) is 12.2 Å². The number of nitrogens with two attached hydrogens (primary N) is 1. The lowest BCUT2D eigenvalue weighted by Crippen LogP contribution is -2.35. The van der Waals surface area contributed by atoms with Gasteiger partial charge in [0.15, 0.2) is 0 Å². The van der Waals surface area contributed by atoms with Crippen molar-refractivity contribution in [1.82, 2.24) is 0 Å². The van der Waals surface area contributed by atoms with Gasteiger partial charge in [-0.1, -0.05) is 0 Å². The molecule has 1 unspecified atom stereocenters. The molecule has 0 aromatic rings. The monoisotopic (exact) mass is 159 g/mol. The van der Waals surface area contributed by atoms with Gasteiger partial charge in [-0.3, -0.25) is 0 Å². The van der Waals surface area contributed by atoms with Gasteiger partial charge in [-0.2, -0.15) is 0 Å². The van der Waals surface area contributed by atoms with E-state index in [2.05, 4.69) is 0 Å². The van der Waals surface area contributed by atoms with Crippen molar-refractivity contribution in [2.75, 3.05) is 26.4 Å². The lowest BCUT2D eigenvalue weighted by molar-refractivity contribution is -0.0472. The van der Waals surface area contributed by atoms with Gasteiger partial charge >= 0.3 is 0 Å².